The number of benzene rings is 1. The van der Waals surface area contributed by atoms with Crippen molar-refractivity contribution in [1.29, 1.82) is 0 Å². The molecule has 1 aliphatic heterocycles. The van der Waals surface area contributed by atoms with Crippen LogP contribution in [0, 0.1) is 6.92 Å². The molecule has 2 aromatic rings. The van der Waals surface area contributed by atoms with Gasteiger partial charge in [0.2, 0.25) is 11.8 Å². The molecule has 168 valence electrons. The van der Waals surface area contributed by atoms with Gasteiger partial charge in [-0.25, -0.2) is 9.78 Å². The van der Waals surface area contributed by atoms with Crippen LogP contribution in [0.2, 0.25) is 0 Å². The van der Waals surface area contributed by atoms with E-state index in [2.05, 4.69) is 10.3 Å². The van der Waals surface area contributed by atoms with Crippen molar-refractivity contribution in [3.63, 3.8) is 0 Å². The first-order valence-electron chi connectivity index (χ1n) is 10.8. The van der Waals surface area contributed by atoms with Gasteiger partial charge in [-0.15, -0.1) is 0 Å². The molecule has 8 heteroatoms. The molecule has 1 fully saturated rings. The molecule has 8 nitrogen and oxygen atoms in total. The Balaban J connectivity index is 1.43. The molecule has 0 unspecified atom stereocenters. The average Bonchev–Trinajstić information content (AvgIpc) is 3.15. The number of aryl methyl sites for hydroxylation is 2. The zero-order valence-electron chi connectivity index (χ0n) is 18.5. The van der Waals surface area contributed by atoms with E-state index in [4.69, 9.17) is 13.9 Å². The largest absolute Gasteiger partial charge is 0.497 e. The number of amides is 2. The summed E-state index contributed by atoms with van der Waals surface area (Å²) in [7, 11) is 1.63. The van der Waals surface area contributed by atoms with E-state index in [1.807, 2.05) is 31.2 Å². The average molecular weight is 430 g/mol. The molecule has 0 bridgehead atoms. The zero-order chi connectivity index (χ0) is 22.2. The van der Waals surface area contributed by atoms with Crippen LogP contribution >= 0.6 is 0 Å². The highest BCUT2D eigenvalue weighted by atomic mass is 16.6. The molecule has 1 saturated heterocycles. The molecular weight excluding hydrogens is 398 g/mol. The standard InChI is InChI=1S/C23H31N3O5/c1-4-30-23(28)26-13-11-18(12-14-26)24-21(27)10-6-9-20-16(2)31-22(25-20)17-7-5-8-19(15-17)29-3/h5,7-8,15,18H,4,6,9-14H2,1-3H3,(H,24,27). The summed E-state index contributed by atoms with van der Waals surface area (Å²) >= 11 is 0. The molecule has 0 saturated carbocycles. The van der Waals surface area contributed by atoms with Crippen molar-refractivity contribution in [2.75, 3.05) is 26.8 Å². The quantitative estimate of drug-likeness (QED) is 0.687. The van der Waals surface area contributed by atoms with Crippen LogP contribution in [0.1, 0.15) is 44.1 Å². The number of rotatable bonds is 8. The van der Waals surface area contributed by atoms with E-state index >= 15 is 0 Å². The van der Waals surface area contributed by atoms with Crippen LogP contribution in [-0.2, 0) is 16.0 Å². The molecule has 0 aliphatic carbocycles. The van der Waals surface area contributed by atoms with Gasteiger partial charge in [0.05, 0.1) is 19.4 Å². The lowest BCUT2D eigenvalue weighted by molar-refractivity contribution is -0.122. The number of hydrogen-bond acceptors (Lipinski definition) is 6. The Kier molecular flexibility index (Phi) is 7.92. The fourth-order valence-electron chi connectivity index (χ4n) is 3.68. The van der Waals surface area contributed by atoms with Crippen LogP contribution in [0.5, 0.6) is 5.75 Å². The summed E-state index contributed by atoms with van der Waals surface area (Å²) in [6, 6.07) is 7.69. The Morgan fingerprint density at radius 3 is 2.77 bits per heavy atom. The molecule has 0 spiro atoms. The predicted molar refractivity (Wildman–Crippen MR) is 116 cm³/mol. The molecule has 2 amide bonds. The highest BCUT2D eigenvalue weighted by Gasteiger charge is 2.24. The lowest BCUT2D eigenvalue weighted by Gasteiger charge is -2.31. The van der Waals surface area contributed by atoms with Crippen molar-refractivity contribution < 1.29 is 23.5 Å². The first kappa shape index (κ1) is 22.7. The summed E-state index contributed by atoms with van der Waals surface area (Å²) in [5, 5.41) is 3.08. The molecule has 0 radical (unpaired) electrons. The number of carbonyl (C=O) groups excluding carboxylic acids is 2. The zero-order valence-corrected chi connectivity index (χ0v) is 18.5. The van der Waals surface area contributed by atoms with Gasteiger partial charge < -0.3 is 24.1 Å². The number of carbonyl (C=O) groups is 2. The lowest BCUT2D eigenvalue weighted by Crippen LogP contribution is -2.46. The Bertz CT molecular complexity index is 887. The minimum atomic E-state index is -0.274. The molecule has 31 heavy (non-hydrogen) atoms. The van der Waals surface area contributed by atoms with E-state index in [1.54, 1.807) is 18.9 Å². The lowest BCUT2D eigenvalue weighted by atomic mass is 10.0. The SMILES string of the molecule is CCOC(=O)N1CCC(NC(=O)CCCc2nc(-c3cccc(OC)c3)oc2C)CC1. The number of aromatic nitrogens is 1. The monoisotopic (exact) mass is 429 g/mol. The number of piperidine rings is 1. The summed E-state index contributed by atoms with van der Waals surface area (Å²) in [4.78, 5) is 30.4. The van der Waals surface area contributed by atoms with Crippen LogP contribution < -0.4 is 10.1 Å². The summed E-state index contributed by atoms with van der Waals surface area (Å²) in [6.07, 6.45) is 3.02. The highest BCUT2D eigenvalue weighted by Crippen LogP contribution is 2.25. The number of hydrogen-bond donors (Lipinski definition) is 1. The normalized spacial score (nSPS) is 14.4. The van der Waals surface area contributed by atoms with Gasteiger partial charge in [0.1, 0.15) is 11.5 Å². The fraction of sp³-hybridized carbons (Fsp3) is 0.522. The minimum absolute atomic E-state index is 0.0313. The van der Waals surface area contributed by atoms with Crippen molar-refractivity contribution in [3.8, 4) is 17.2 Å². The second kappa shape index (κ2) is 10.8. The Morgan fingerprint density at radius 2 is 2.06 bits per heavy atom. The second-order valence-corrected chi connectivity index (χ2v) is 7.64. The summed E-state index contributed by atoms with van der Waals surface area (Å²) in [5.41, 5.74) is 1.73. The number of methoxy groups -OCH3 is 1. The number of nitrogens with one attached hydrogen (secondary N) is 1. The topological polar surface area (TPSA) is 93.9 Å². The van der Waals surface area contributed by atoms with Gasteiger partial charge in [-0.3, -0.25) is 4.79 Å². The van der Waals surface area contributed by atoms with E-state index in [0.29, 0.717) is 44.8 Å². The van der Waals surface area contributed by atoms with Crippen LogP contribution in [0.15, 0.2) is 28.7 Å². The molecule has 0 atom stereocenters. The maximum Gasteiger partial charge on any atom is 0.409 e. The third-order valence-electron chi connectivity index (χ3n) is 5.41. The van der Waals surface area contributed by atoms with Crippen molar-refractivity contribution in [1.82, 2.24) is 15.2 Å². The minimum Gasteiger partial charge on any atom is -0.497 e. The van der Waals surface area contributed by atoms with E-state index in [9.17, 15) is 9.59 Å². The summed E-state index contributed by atoms with van der Waals surface area (Å²) in [5.74, 6) is 2.11. The molecule has 1 N–H and O–H groups in total. The molecule has 1 aromatic heterocycles. The van der Waals surface area contributed by atoms with E-state index in [0.717, 1.165) is 35.6 Å². The maximum absolute atomic E-state index is 12.3. The second-order valence-electron chi connectivity index (χ2n) is 7.64. The van der Waals surface area contributed by atoms with Gasteiger partial charge >= 0.3 is 6.09 Å². The fourth-order valence-corrected chi connectivity index (χ4v) is 3.68. The summed E-state index contributed by atoms with van der Waals surface area (Å²) < 4.78 is 16.1. The molecule has 1 aliphatic rings. The van der Waals surface area contributed by atoms with Gasteiger partial charge in [0.25, 0.3) is 0 Å². The summed E-state index contributed by atoms with van der Waals surface area (Å²) in [6.45, 7) is 5.28. The first-order valence-corrected chi connectivity index (χ1v) is 10.8. The molecule has 3 rings (SSSR count). The van der Waals surface area contributed by atoms with Gasteiger partial charge in [0, 0.05) is 31.1 Å². The number of oxazole rings is 1. The van der Waals surface area contributed by atoms with Gasteiger partial charge in [-0.2, -0.15) is 0 Å². The van der Waals surface area contributed by atoms with Gasteiger partial charge in [0.15, 0.2) is 0 Å². The third-order valence-corrected chi connectivity index (χ3v) is 5.41. The Labute approximate surface area is 182 Å². The number of ether oxygens (including phenoxy) is 2. The van der Waals surface area contributed by atoms with Crippen molar-refractivity contribution in [3.05, 3.63) is 35.7 Å². The van der Waals surface area contributed by atoms with Crippen molar-refractivity contribution >= 4 is 12.0 Å². The van der Waals surface area contributed by atoms with E-state index in [-0.39, 0.29) is 18.0 Å². The molecule has 1 aromatic carbocycles. The molecule has 2 heterocycles. The van der Waals surface area contributed by atoms with E-state index in [1.165, 1.54) is 0 Å². The third kappa shape index (κ3) is 6.23. The van der Waals surface area contributed by atoms with Gasteiger partial charge in [-0.05, 0) is 57.7 Å². The van der Waals surface area contributed by atoms with Gasteiger partial charge in [-0.1, -0.05) is 6.07 Å². The van der Waals surface area contributed by atoms with Crippen LogP contribution in [0.4, 0.5) is 4.79 Å². The van der Waals surface area contributed by atoms with Crippen molar-refractivity contribution in [2.24, 2.45) is 0 Å². The smallest absolute Gasteiger partial charge is 0.409 e. The van der Waals surface area contributed by atoms with Crippen molar-refractivity contribution in [2.45, 2.75) is 52.0 Å². The predicted octanol–water partition coefficient (Wildman–Crippen LogP) is 3.72. The van der Waals surface area contributed by atoms with Crippen LogP contribution in [0.25, 0.3) is 11.5 Å². The first-order chi connectivity index (χ1) is 15.0. The Hall–Kier alpha value is -3.03. The number of likely N-dealkylation sites (tertiary alicyclic amines) is 1. The highest BCUT2D eigenvalue weighted by molar-refractivity contribution is 5.76. The Morgan fingerprint density at radius 1 is 1.29 bits per heavy atom. The molecular formula is C23H31N3O5. The van der Waals surface area contributed by atoms with Crippen LogP contribution in [-0.4, -0.2) is 54.7 Å². The maximum atomic E-state index is 12.3. The van der Waals surface area contributed by atoms with E-state index < -0.39 is 0 Å². The van der Waals surface area contributed by atoms with Crippen LogP contribution in [0.3, 0.4) is 0 Å². The number of nitrogens with zero attached hydrogens (tertiary/aromatic N) is 2.